The number of benzene rings is 1. The molecule has 3 rings (SSSR count). The fourth-order valence-electron chi connectivity index (χ4n) is 3.70. The molecule has 2 saturated heterocycles. The molecule has 2 aliphatic heterocycles. The number of unbranched alkanes of at least 4 members (excludes halogenated alkanes) is 1. The van der Waals surface area contributed by atoms with Gasteiger partial charge in [-0.3, -0.25) is 14.5 Å². The van der Waals surface area contributed by atoms with Gasteiger partial charge in [-0.2, -0.15) is 0 Å². The van der Waals surface area contributed by atoms with Gasteiger partial charge in [0, 0.05) is 12.6 Å². The van der Waals surface area contributed by atoms with Crippen molar-refractivity contribution in [1.29, 1.82) is 0 Å². The Balaban J connectivity index is 1.55. The molecule has 0 aliphatic carbocycles. The number of ether oxygens (including phenoxy) is 1. The van der Waals surface area contributed by atoms with Crippen LogP contribution < -0.4 is 5.32 Å². The number of esters is 1. The van der Waals surface area contributed by atoms with E-state index in [4.69, 9.17) is 4.74 Å². The molecule has 1 N–H and O–H groups in total. The highest BCUT2D eigenvalue weighted by molar-refractivity contribution is 7.91. The first-order valence-corrected chi connectivity index (χ1v) is 12.4. The van der Waals surface area contributed by atoms with E-state index in [1.807, 2.05) is 6.92 Å². The summed E-state index contributed by atoms with van der Waals surface area (Å²) in [6.45, 7) is 1.99. The molecule has 2 aliphatic rings. The summed E-state index contributed by atoms with van der Waals surface area (Å²) >= 11 is 0. The van der Waals surface area contributed by atoms with Crippen LogP contribution in [0.25, 0.3) is 0 Å². The van der Waals surface area contributed by atoms with Crippen LogP contribution in [0.1, 0.15) is 42.1 Å². The van der Waals surface area contributed by atoms with Crippen molar-refractivity contribution >= 4 is 33.7 Å². The zero-order chi connectivity index (χ0) is 23.3. The monoisotopic (exact) mass is 465 g/mol. The molecule has 0 saturated carbocycles. The maximum atomic E-state index is 12.7. The second kappa shape index (κ2) is 10.1. The molecule has 1 aromatic rings. The van der Waals surface area contributed by atoms with E-state index in [0.717, 1.165) is 17.7 Å². The second-order valence-corrected chi connectivity index (χ2v) is 10.1. The lowest BCUT2D eigenvalue weighted by molar-refractivity contribution is -0.136. The topological polar surface area (TPSA) is 130 Å². The molecule has 0 aromatic heterocycles. The lowest BCUT2D eigenvalue weighted by Crippen LogP contribution is -2.43. The number of urea groups is 1. The standard InChI is InChI=1S/C21H27N3O7S/c1-2-3-9-23(17-8-10-32(29,30)14-17)19(26)13-31-20(27)16-6-4-15(5-7-16)12-24-18(25)11-22-21(24)28/h4-7,17H,2-3,8-14H2,1H3,(H,22,28). The number of carbonyl (C=O) groups is 4. The summed E-state index contributed by atoms with van der Waals surface area (Å²) in [5.74, 6) is -1.42. The average molecular weight is 466 g/mol. The summed E-state index contributed by atoms with van der Waals surface area (Å²) in [6, 6.07) is 5.36. The summed E-state index contributed by atoms with van der Waals surface area (Å²) in [5.41, 5.74) is 0.888. The van der Waals surface area contributed by atoms with E-state index in [1.165, 1.54) is 17.0 Å². The fraction of sp³-hybridized carbons (Fsp3) is 0.524. The van der Waals surface area contributed by atoms with Crippen molar-refractivity contribution in [2.45, 2.75) is 38.8 Å². The highest BCUT2D eigenvalue weighted by Gasteiger charge is 2.34. The normalized spacial score (nSPS) is 19.7. The third-order valence-electron chi connectivity index (χ3n) is 5.52. The minimum Gasteiger partial charge on any atom is -0.452 e. The molecular formula is C21H27N3O7S. The van der Waals surface area contributed by atoms with Crippen LogP contribution in [-0.4, -0.2) is 79.3 Å². The molecule has 32 heavy (non-hydrogen) atoms. The van der Waals surface area contributed by atoms with Crippen LogP contribution in [0.2, 0.25) is 0 Å². The Morgan fingerprint density at radius 3 is 2.50 bits per heavy atom. The zero-order valence-electron chi connectivity index (χ0n) is 17.9. The molecule has 4 amide bonds. The van der Waals surface area contributed by atoms with Crippen LogP contribution in [0.5, 0.6) is 0 Å². The maximum absolute atomic E-state index is 12.7. The number of rotatable bonds is 9. The molecular weight excluding hydrogens is 438 g/mol. The van der Waals surface area contributed by atoms with Gasteiger partial charge in [0.1, 0.15) is 0 Å². The molecule has 1 aromatic carbocycles. The van der Waals surface area contributed by atoms with Gasteiger partial charge in [-0.15, -0.1) is 0 Å². The van der Waals surface area contributed by atoms with E-state index in [0.29, 0.717) is 18.5 Å². The minimum absolute atomic E-state index is 0.0284. The summed E-state index contributed by atoms with van der Waals surface area (Å²) in [5, 5.41) is 2.44. The Hall–Kier alpha value is -2.95. The number of carbonyl (C=O) groups excluding carboxylic acids is 4. The van der Waals surface area contributed by atoms with Crippen molar-refractivity contribution in [1.82, 2.24) is 15.1 Å². The third kappa shape index (κ3) is 5.84. The SMILES string of the molecule is CCCCN(C(=O)COC(=O)c1ccc(CN2C(=O)CNC2=O)cc1)C1CCS(=O)(=O)C1. The number of sulfone groups is 1. The van der Waals surface area contributed by atoms with E-state index in [2.05, 4.69) is 5.32 Å². The highest BCUT2D eigenvalue weighted by atomic mass is 32.2. The number of nitrogens with zero attached hydrogens (tertiary/aromatic N) is 2. The summed E-state index contributed by atoms with van der Waals surface area (Å²) < 4.78 is 28.8. The second-order valence-electron chi connectivity index (χ2n) is 7.91. The van der Waals surface area contributed by atoms with Gasteiger partial charge in [0.25, 0.3) is 5.91 Å². The molecule has 0 bridgehead atoms. The molecule has 174 valence electrons. The summed E-state index contributed by atoms with van der Waals surface area (Å²) in [7, 11) is -3.14. The first-order valence-electron chi connectivity index (χ1n) is 10.5. The van der Waals surface area contributed by atoms with Crippen LogP contribution in [0.15, 0.2) is 24.3 Å². The Kier molecular flexibility index (Phi) is 7.49. The van der Waals surface area contributed by atoms with Crippen LogP contribution >= 0.6 is 0 Å². The van der Waals surface area contributed by atoms with Crippen molar-refractivity contribution in [3.63, 3.8) is 0 Å². The largest absolute Gasteiger partial charge is 0.452 e. The third-order valence-corrected chi connectivity index (χ3v) is 7.27. The predicted molar refractivity (Wildman–Crippen MR) is 114 cm³/mol. The average Bonchev–Trinajstić information content (AvgIpc) is 3.28. The van der Waals surface area contributed by atoms with E-state index in [-0.39, 0.29) is 42.1 Å². The van der Waals surface area contributed by atoms with E-state index < -0.39 is 34.4 Å². The lowest BCUT2D eigenvalue weighted by Gasteiger charge is -2.28. The van der Waals surface area contributed by atoms with E-state index >= 15 is 0 Å². The minimum atomic E-state index is -3.14. The molecule has 10 nitrogen and oxygen atoms in total. The van der Waals surface area contributed by atoms with Gasteiger partial charge in [0.2, 0.25) is 5.91 Å². The molecule has 2 fully saturated rings. The van der Waals surface area contributed by atoms with Crippen LogP contribution in [0, 0.1) is 0 Å². The first-order chi connectivity index (χ1) is 15.2. The van der Waals surface area contributed by atoms with Gasteiger partial charge >= 0.3 is 12.0 Å². The Labute approximate surface area is 186 Å². The lowest BCUT2D eigenvalue weighted by atomic mass is 10.1. The van der Waals surface area contributed by atoms with Gasteiger partial charge in [0.15, 0.2) is 16.4 Å². The van der Waals surface area contributed by atoms with Crippen molar-refractivity contribution in [2.24, 2.45) is 0 Å². The fourth-order valence-corrected chi connectivity index (χ4v) is 5.43. The predicted octanol–water partition coefficient (Wildman–Crippen LogP) is 0.711. The molecule has 1 unspecified atom stereocenters. The van der Waals surface area contributed by atoms with Crippen LogP contribution in [0.3, 0.4) is 0 Å². The van der Waals surface area contributed by atoms with Crippen LogP contribution in [-0.2, 0) is 30.7 Å². The number of imide groups is 1. The van der Waals surface area contributed by atoms with Crippen LogP contribution in [0.4, 0.5) is 4.79 Å². The van der Waals surface area contributed by atoms with Crippen molar-refractivity contribution in [3.8, 4) is 0 Å². The van der Waals surface area contributed by atoms with Gasteiger partial charge in [0.05, 0.1) is 30.2 Å². The molecule has 11 heteroatoms. The zero-order valence-corrected chi connectivity index (χ0v) is 18.7. The van der Waals surface area contributed by atoms with Crippen molar-refractivity contribution in [3.05, 3.63) is 35.4 Å². The van der Waals surface area contributed by atoms with E-state index in [9.17, 15) is 27.6 Å². The summed E-state index contributed by atoms with van der Waals surface area (Å²) in [6.07, 6.45) is 1.97. The molecule has 1 atom stereocenters. The number of hydrogen-bond donors (Lipinski definition) is 1. The molecule has 2 heterocycles. The van der Waals surface area contributed by atoms with Gasteiger partial charge in [-0.1, -0.05) is 25.5 Å². The Bertz CT molecular complexity index is 975. The quantitative estimate of drug-likeness (QED) is 0.420. The summed E-state index contributed by atoms with van der Waals surface area (Å²) in [4.78, 5) is 50.9. The van der Waals surface area contributed by atoms with Gasteiger partial charge in [-0.05, 0) is 30.5 Å². The molecule has 0 spiro atoms. The van der Waals surface area contributed by atoms with Gasteiger partial charge in [-0.25, -0.2) is 18.0 Å². The maximum Gasteiger partial charge on any atom is 0.338 e. The van der Waals surface area contributed by atoms with Gasteiger partial charge < -0.3 is 15.0 Å². The first kappa shape index (κ1) is 23.7. The Morgan fingerprint density at radius 1 is 1.22 bits per heavy atom. The number of amides is 4. The Morgan fingerprint density at radius 2 is 1.94 bits per heavy atom. The van der Waals surface area contributed by atoms with E-state index in [1.54, 1.807) is 12.1 Å². The number of hydrogen-bond acceptors (Lipinski definition) is 7. The highest BCUT2D eigenvalue weighted by Crippen LogP contribution is 2.19. The van der Waals surface area contributed by atoms with Crippen molar-refractivity contribution < 1.29 is 32.3 Å². The van der Waals surface area contributed by atoms with Crippen molar-refractivity contribution in [2.75, 3.05) is 31.2 Å². The molecule has 0 radical (unpaired) electrons. The number of nitrogens with one attached hydrogen (secondary N) is 1. The smallest absolute Gasteiger partial charge is 0.338 e.